The zero-order valence-electron chi connectivity index (χ0n) is 11.9. The Kier molecular flexibility index (Phi) is 3.47. The summed E-state index contributed by atoms with van der Waals surface area (Å²) in [5, 5.41) is 11.8. The second-order valence-corrected chi connectivity index (χ2v) is 6.40. The molecule has 0 aromatic heterocycles. The molecule has 0 aromatic carbocycles. The molecule has 2 amide bonds. The lowest BCUT2D eigenvalue weighted by molar-refractivity contribution is -0.143. The highest BCUT2D eigenvalue weighted by molar-refractivity contribution is 5.80. The number of amides is 2. The minimum absolute atomic E-state index is 0.0420. The van der Waals surface area contributed by atoms with Crippen LogP contribution in [0.2, 0.25) is 0 Å². The Morgan fingerprint density at radius 1 is 1.26 bits per heavy atom. The predicted octanol–water partition coefficient (Wildman–Crippen LogP) is 0.587. The zero-order chi connectivity index (χ0) is 14.3. The number of nitrogens with zero attached hydrogens (tertiary/aromatic N) is 2. The van der Waals surface area contributed by atoms with Crippen molar-refractivity contribution in [2.75, 3.05) is 33.2 Å². The Morgan fingerprint density at radius 3 is 2.37 bits per heavy atom. The van der Waals surface area contributed by atoms with Gasteiger partial charge in [0.25, 0.3) is 0 Å². The van der Waals surface area contributed by atoms with E-state index in [1.807, 2.05) is 0 Å². The number of likely N-dealkylation sites (N-methyl/N-ethyl adjacent to an activating group) is 1. The Hall–Kier alpha value is -1.30. The number of piperazine rings is 1. The van der Waals surface area contributed by atoms with Crippen molar-refractivity contribution in [2.45, 2.75) is 32.2 Å². The minimum Gasteiger partial charge on any atom is -0.481 e. The van der Waals surface area contributed by atoms with Crippen molar-refractivity contribution >= 4 is 12.0 Å². The van der Waals surface area contributed by atoms with Crippen LogP contribution in [0.4, 0.5) is 4.79 Å². The number of urea groups is 1. The van der Waals surface area contributed by atoms with Gasteiger partial charge in [-0.1, -0.05) is 0 Å². The predicted molar refractivity (Wildman–Crippen MR) is 71.0 cm³/mol. The molecule has 2 rings (SSSR count). The van der Waals surface area contributed by atoms with E-state index in [0.29, 0.717) is 25.9 Å². The van der Waals surface area contributed by atoms with E-state index < -0.39 is 11.4 Å². The first-order valence-corrected chi connectivity index (χ1v) is 6.74. The fraction of sp³-hybridized carbons (Fsp3) is 0.846. The smallest absolute Gasteiger partial charge is 0.317 e. The summed E-state index contributed by atoms with van der Waals surface area (Å²) in [6.07, 6.45) is 1.33. The average molecular weight is 269 g/mol. The van der Waals surface area contributed by atoms with E-state index in [1.165, 1.54) is 0 Å². The van der Waals surface area contributed by atoms with Crippen LogP contribution < -0.4 is 5.32 Å². The quantitative estimate of drug-likeness (QED) is 0.786. The Balaban J connectivity index is 1.86. The maximum atomic E-state index is 12.1. The molecule has 2 aliphatic rings. The Labute approximate surface area is 113 Å². The first kappa shape index (κ1) is 14.1. The molecule has 2 fully saturated rings. The molecular formula is C13H23N3O3. The maximum absolute atomic E-state index is 12.1. The highest BCUT2D eigenvalue weighted by atomic mass is 16.4. The molecular weight excluding hydrogens is 246 g/mol. The molecule has 0 bridgehead atoms. The SMILES string of the molecule is CN1CCN(C(=O)NCC2(C(=O)O)CC2)CC1(C)C. The van der Waals surface area contributed by atoms with Gasteiger partial charge in [0.1, 0.15) is 0 Å². The van der Waals surface area contributed by atoms with E-state index in [-0.39, 0.29) is 18.1 Å². The number of rotatable bonds is 3. The first-order chi connectivity index (χ1) is 8.77. The number of carboxylic acids is 1. The molecule has 0 radical (unpaired) electrons. The Morgan fingerprint density at radius 2 is 1.89 bits per heavy atom. The molecule has 1 saturated heterocycles. The molecule has 6 heteroatoms. The van der Waals surface area contributed by atoms with Gasteiger partial charge in [0.2, 0.25) is 0 Å². The van der Waals surface area contributed by atoms with Crippen molar-refractivity contribution < 1.29 is 14.7 Å². The van der Waals surface area contributed by atoms with Gasteiger partial charge < -0.3 is 15.3 Å². The molecule has 0 aromatic rings. The average Bonchev–Trinajstić information content (AvgIpc) is 3.10. The standard InChI is InChI=1S/C13H23N3O3/c1-12(2)9-16(7-6-15(12)3)11(19)14-8-13(4-5-13)10(17)18/h4-9H2,1-3H3,(H,14,19)(H,17,18). The summed E-state index contributed by atoms with van der Waals surface area (Å²) in [7, 11) is 2.05. The third-order valence-electron chi connectivity index (χ3n) is 4.49. The number of carbonyl (C=O) groups is 2. The van der Waals surface area contributed by atoms with Gasteiger partial charge in [-0.25, -0.2) is 4.79 Å². The lowest BCUT2D eigenvalue weighted by atomic mass is 10.00. The zero-order valence-corrected chi connectivity index (χ0v) is 11.9. The minimum atomic E-state index is -0.800. The molecule has 1 aliphatic carbocycles. The van der Waals surface area contributed by atoms with Crippen LogP contribution in [0, 0.1) is 5.41 Å². The van der Waals surface area contributed by atoms with Crippen LogP contribution in [0.1, 0.15) is 26.7 Å². The van der Waals surface area contributed by atoms with Crippen molar-refractivity contribution in [2.24, 2.45) is 5.41 Å². The van der Waals surface area contributed by atoms with Gasteiger partial charge in [-0.3, -0.25) is 9.69 Å². The fourth-order valence-corrected chi connectivity index (χ4v) is 2.39. The molecule has 0 atom stereocenters. The summed E-state index contributed by atoms with van der Waals surface area (Å²) in [5.74, 6) is -0.800. The van der Waals surface area contributed by atoms with Gasteiger partial charge in [-0.05, 0) is 33.7 Å². The number of nitrogens with one attached hydrogen (secondary N) is 1. The molecule has 19 heavy (non-hydrogen) atoms. The first-order valence-electron chi connectivity index (χ1n) is 6.74. The van der Waals surface area contributed by atoms with Crippen molar-refractivity contribution in [3.63, 3.8) is 0 Å². The third-order valence-corrected chi connectivity index (χ3v) is 4.49. The molecule has 1 aliphatic heterocycles. The van der Waals surface area contributed by atoms with Crippen molar-refractivity contribution in [3.8, 4) is 0 Å². The van der Waals surface area contributed by atoms with Gasteiger partial charge >= 0.3 is 12.0 Å². The molecule has 0 spiro atoms. The van der Waals surface area contributed by atoms with Gasteiger partial charge in [-0.2, -0.15) is 0 Å². The lowest BCUT2D eigenvalue weighted by Gasteiger charge is -2.45. The molecule has 0 unspecified atom stereocenters. The van der Waals surface area contributed by atoms with E-state index in [4.69, 9.17) is 5.11 Å². The van der Waals surface area contributed by atoms with E-state index in [2.05, 4.69) is 31.1 Å². The Bertz CT molecular complexity index is 391. The lowest BCUT2D eigenvalue weighted by Crippen LogP contribution is -2.60. The topological polar surface area (TPSA) is 72.9 Å². The van der Waals surface area contributed by atoms with Crippen molar-refractivity contribution in [1.29, 1.82) is 0 Å². The van der Waals surface area contributed by atoms with Crippen molar-refractivity contribution in [1.82, 2.24) is 15.1 Å². The van der Waals surface area contributed by atoms with Crippen LogP contribution >= 0.6 is 0 Å². The van der Waals surface area contributed by atoms with Crippen LogP contribution in [0.15, 0.2) is 0 Å². The van der Waals surface area contributed by atoms with E-state index in [0.717, 1.165) is 6.54 Å². The van der Waals surface area contributed by atoms with Gasteiger partial charge in [0, 0.05) is 31.7 Å². The van der Waals surface area contributed by atoms with Crippen LogP contribution in [-0.4, -0.2) is 65.7 Å². The van der Waals surface area contributed by atoms with Crippen LogP contribution in [0.25, 0.3) is 0 Å². The van der Waals surface area contributed by atoms with Crippen LogP contribution in [0.5, 0.6) is 0 Å². The number of carboxylic acid groups (broad SMARTS) is 1. The monoisotopic (exact) mass is 269 g/mol. The normalized spacial score (nSPS) is 24.9. The summed E-state index contributed by atoms with van der Waals surface area (Å²) in [6.45, 7) is 6.64. The number of carbonyl (C=O) groups excluding carboxylic acids is 1. The molecule has 1 heterocycles. The molecule has 2 N–H and O–H groups in total. The van der Waals surface area contributed by atoms with Gasteiger partial charge in [0.15, 0.2) is 0 Å². The summed E-state index contributed by atoms with van der Waals surface area (Å²) in [6, 6.07) is -0.145. The third kappa shape index (κ3) is 2.83. The highest BCUT2D eigenvalue weighted by Gasteiger charge is 2.50. The number of hydrogen-bond acceptors (Lipinski definition) is 3. The van der Waals surface area contributed by atoms with Crippen molar-refractivity contribution in [3.05, 3.63) is 0 Å². The van der Waals surface area contributed by atoms with Gasteiger partial charge in [-0.15, -0.1) is 0 Å². The molecule has 6 nitrogen and oxygen atoms in total. The fourth-order valence-electron chi connectivity index (χ4n) is 2.39. The molecule has 108 valence electrons. The second-order valence-electron chi connectivity index (χ2n) is 6.40. The molecule has 1 saturated carbocycles. The van der Waals surface area contributed by atoms with Crippen LogP contribution in [0.3, 0.4) is 0 Å². The summed E-state index contributed by atoms with van der Waals surface area (Å²) < 4.78 is 0. The summed E-state index contributed by atoms with van der Waals surface area (Å²) in [4.78, 5) is 27.1. The number of aliphatic carboxylic acids is 1. The largest absolute Gasteiger partial charge is 0.481 e. The van der Waals surface area contributed by atoms with Gasteiger partial charge in [0.05, 0.1) is 5.41 Å². The number of hydrogen-bond donors (Lipinski definition) is 2. The van der Waals surface area contributed by atoms with E-state index >= 15 is 0 Å². The second kappa shape index (κ2) is 4.67. The summed E-state index contributed by atoms with van der Waals surface area (Å²) in [5.41, 5.74) is -0.739. The summed E-state index contributed by atoms with van der Waals surface area (Å²) >= 11 is 0. The van der Waals surface area contributed by atoms with E-state index in [1.54, 1.807) is 4.90 Å². The maximum Gasteiger partial charge on any atom is 0.317 e. The van der Waals surface area contributed by atoms with Crippen LogP contribution in [-0.2, 0) is 4.79 Å². The van der Waals surface area contributed by atoms with E-state index in [9.17, 15) is 9.59 Å². The highest BCUT2D eigenvalue weighted by Crippen LogP contribution is 2.45.